The zero-order valence-corrected chi connectivity index (χ0v) is 6.78. The largest absolute Gasteiger partial charge is 0.465 e. The highest BCUT2D eigenvalue weighted by Crippen LogP contribution is 2.19. The van der Waals surface area contributed by atoms with Crippen molar-refractivity contribution in [3.05, 3.63) is 0 Å². The van der Waals surface area contributed by atoms with E-state index in [1.54, 1.807) is 0 Å². The van der Waals surface area contributed by atoms with Gasteiger partial charge in [-0.15, -0.1) is 0 Å². The van der Waals surface area contributed by atoms with Crippen LogP contribution in [-0.2, 0) is 9.53 Å². The fourth-order valence-electron chi connectivity index (χ4n) is 0.545. The summed E-state index contributed by atoms with van der Waals surface area (Å²) < 4.78 is 38.8. The van der Waals surface area contributed by atoms with Crippen molar-refractivity contribution in [1.82, 2.24) is 0 Å². The number of ether oxygens (including phenoxy) is 1. The summed E-state index contributed by atoms with van der Waals surface area (Å²) in [7, 11) is 0. The van der Waals surface area contributed by atoms with Crippen molar-refractivity contribution >= 4 is 5.97 Å². The van der Waals surface area contributed by atoms with Crippen molar-refractivity contribution in [2.24, 2.45) is 0 Å². The molecule has 0 amide bonds. The average Bonchev–Trinajstić information content (AvgIpc) is 1.84. The molecule has 5 heteroatoms. The molecule has 0 N–H and O–H groups in total. The quantitative estimate of drug-likeness (QED) is 0.495. The fourth-order valence-corrected chi connectivity index (χ4v) is 0.545. The lowest BCUT2D eigenvalue weighted by atomic mass is 10.3. The normalized spacial score (nSPS) is 11.3. The first-order valence-electron chi connectivity index (χ1n) is 3.68. The summed E-state index contributed by atoms with van der Waals surface area (Å²) in [6, 6.07) is 0. The standard InChI is InChI=1S/C7H11F3O2/c1-2-3-4-12-6(11)5-7(8,9)10/h2-5H2,1H3. The zero-order chi connectivity index (χ0) is 9.61. The van der Waals surface area contributed by atoms with E-state index in [1.807, 2.05) is 6.92 Å². The van der Waals surface area contributed by atoms with Crippen LogP contribution in [0.15, 0.2) is 0 Å². The van der Waals surface area contributed by atoms with Gasteiger partial charge in [-0.1, -0.05) is 13.3 Å². The summed E-state index contributed by atoms with van der Waals surface area (Å²) in [4.78, 5) is 10.4. The Labute approximate surface area is 68.7 Å². The van der Waals surface area contributed by atoms with Crippen molar-refractivity contribution in [2.45, 2.75) is 32.4 Å². The van der Waals surface area contributed by atoms with Crippen LogP contribution >= 0.6 is 0 Å². The third-order valence-electron chi connectivity index (χ3n) is 1.11. The Morgan fingerprint density at radius 1 is 1.42 bits per heavy atom. The SMILES string of the molecule is CCCCOC(=O)CC(F)(F)F. The summed E-state index contributed by atoms with van der Waals surface area (Å²) in [5.74, 6) is -1.20. The molecule has 0 saturated heterocycles. The molecule has 0 rings (SSSR count). The molecule has 0 spiro atoms. The van der Waals surface area contributed by atoms with Crippen molar-refractivity contribution in [2.75, 3.05) is 6.61 Å². The molecular weight excluding hydrogens is 173 g/mol. The molecule has 0 radical (unpaired) electrons. The number of carbonyl (C=O) groups is 1. The maximum absolute atomic E-state index is 11.5. The van der Waals surface area contributed by atoms with Crippen molar-refractivity contribution in [3.63, 3.8) is 0 Å². The van der Waals surface area contributed by atoms with E-state index in [0.717, 1.165) is 6.42 Å². The van der Waals surface area contributed by atoms with Gasteiger partial charge in [0.1, 0.15) is 6.42 Å². The number of hydrogen-bond acceptors (Lipinski definition) is 2. The molecular formula is C7H11F3O2. The summed E-state index contributed by atoms with van der Waals surface area (Å²) >= 11 is 0. The maximum atomic E-state index is 11.5. The Morgan fingerprint density at radius 3 is 2.42 bits per heavy atom. The number of unbranched alkanes of at least 4 members (excludes halogenated alkanes) is 1. The lowest BCUT2D eigenvalue weighted by Crippen LogP contribution is -2.17. The lowest BCUT2D eigenvalue weighted by Gasteiger charge is -2.05. The second kappa shape index (κ2) is 5.00. The van der Waals surface area contributed by atoms with Crippen LogP contribution in [0.1, 0.15) is 26.2 Å². The molecule has 0 heterocycles. The summed E-state index contributed by atoms with van der Waals surface area (Å²) in [5, 5.41) is 0. The number of alkyl halides is 3. The van der Waals surface area contributed by atoms with Crippen LogP contribution in [0, 0.1) is 0 Å². The Kier molecular flexibility index (Phi) is 4.70. The second-order valence-corrected chi connectivity index (χ2v) is 2.37. The number of hydrogen-bond donors (Lipinski definition) is 0. The number of halogens is 3. The van der Waals surface area contributed by atoms with Crippen LogP contribution < -0.4 is 0 Å². The van der Waals surface area contributed by atoms with E-state index in [2.05, 4.69) is 4.74 Å². The van der Waals surface area contributed by atoms with Crippen molar-refractivity contribution in [1.29, 1.82) is 0 Å². The van der Waals surface area contributed by atoms with Crippen molar-refractivity contribution in [3.8, 4) is 0 Å². The molecule has 0 aliphatic rings. The van der Waals surface area contributed by atoms with E-state index < -0.39 is 18.6 Å². The monoisotopic (exact) mass is 184 g/mol. The van der Waals surface area contributed by atoms with Gasteiger partial charge in [-0.3, -0.25) is 4.79 Å². The van der Waals surface area contributed by atoms with E-state index in [9.17, 15) is 18.0 Å². The Hall–Kier alpha value is -0.740. The molecule has 0 fully saturated rings. The van der Waals surface area contributed by atoms with Gasteiger partial charge in [0.2, 0.25) is 0 Å². The molecule has 0 aliphatic carbocycles. The number of carbonyl (C=O) groups excluding carboxylic acids is 1. The molecule has 0 bridgehead atoms. The van der Waals surface area contributed by atoms with E-state index in [4.69, 9.17) is 0 Å². The minimum atomic E-state index is -4.46. The first-order valence-corrected chi connectivity index (χ1v) is 3.68. The topological polar surface area (TPSA) is 26.3 Å². The van der Waals surface area contributed by atoms with Gasteiger partial charge in [-0.05, 0) is 6.42 Å². The number of esters is 1. The third kappa shape index (κ3) is 7.37. The maximum Gasteiger partial charge on any atom is 0.399 e. The molecule has 0 saturated carbocycles. The first-order chi connectivity index (χ1) is 5.45. The molecule has 0 aliphatic heterocycles. The average molecular weight is 184 g/mol. The molecule has 12 heavy (non-hydrogen) atoms. The van der Waals surface area contributed by atoms with Crippen LogP contribution in [-0.4, -0.2) is 18.8 Å². The summed E-state index contributed by atoms with van der Waals surface area (Å²) in [6.07, 6.45) is -4.55. The predicted octanol–water partition coefficient (Wildman–Crippen LogP) is 2.28. The number of rotatable bonds is 4. The van der Waals surface area contributed by atoms with Gasteiger partial charge in [0.25, 0.3) is 0 Å². The summed E-state index contributed by atoms with van der Waals surface area (Å²) in [5.41, 5.74) is 0. The molecule has 0 atom stereocenters. The third-order valence-corrected chi connectivity index (χ3v) is 1.11. The van der Waals surface area contributed by atoms with Gasteiger partial charge < -0.3 is 4.74 Å². The van der Waals surface area contributed by atoms with Crippen LogP contribution in [0.25, 0.3) is 0 Å². The highest BCUT2D eigenvalue weighted by Gasteiger charge is 2.31. The zero-order valence-electron chi connectivity index (χ0n) is 6.78. The highest BCUT2D eigenvalue weighted by atomic mass is 19.4. The van der Waals surface area contributed by atoms with E-state index in [-0.39, 0.29) is 6.61 Å². The molecule has 0 aromatic carbocycles. The summed E-state index contributed by atoms with van der Waals surface area (Å²) in [6.45, 7) is 1.93. The Bertz CT molecular complexity index is 142. The van der Waals surface area contributed by atoms with Gasteiger partial charge >= 0.3 is 12.1 Å². The smallest absolute Gasteiger partial charge is 0.399 e. The lowest BCUT2D eigenvalue weighted by molar-refractivity contribution is -0.171. The second-order valence-electron chi connectivity index (χ2n) is 2.37. The van der Waals surface area contributed by atoms with Crippen LogP contribution in [0.3, 0.4) is 0 Å². The molecule has 0 aromatic rings. The molecule has 2 nitrogen and oxygen atoms in total. The van der Waals surface area contributed by atoms with Gasteiger partial charge in [0.15, 0.2) is 0 Å². The van der Waals surface area contributed by atoms with E-state index in [0.29, 0.717) is 6.42 Å². The van der Waals surface area contributed by atoms with Crippen LogP contribution in [0.4, 0.5) is 13.2 Å². The Balaban J connectivity index is 3.47. The Morgan fingerprint density at radius 2 is 2.00 bits per heavy atom. The first kappa shape index (κ1) is 11.3. The van der Waals surface area contributed by atoms with Crippen LogP contribution in [0.5, 0.6) is 0 Å². The minimum Gasteiger partial charge on any atom is -0.465 e. The predicted molar refractivity (Wildman–Crippen MR) is 36.5 cm³/mol. The molecule has 0 aromatic heterocycles. The molecule has 0 unspecified atom stereocenters. The fraction of sp³-hybridized carbons (Fsp3) is 0.857. The van der Waals surface area contributed by atoms with Gasteiger partial charge in [-0.2, -0.15) is 13.2 Å². The van der Waals surface area contributed by atoms with E-state index >= 15 is 0 Å². The minimum absolute atomic E-state index is 0.0748. The van der Waals surface area contributed by atoms with Gasteiger partial charge in [0, 0.05) is 0 Å². The van der Waals surface area contributed by atoms with Crippen molar-refractivity contribution < 1.29 is 22.7 Å². The molecule has 72 valence electrons. The van der Waals surface area contributed by atoms with E-state index in [1.165, 1.54) is 0 Å². The highest BCUT2D eigenvalue weighted by molar-refractivity contribution is 5.70. The van der Waals surface area contributed by atoms with Gasteiger partial charge in [0.05, 0.1) is 6.61 Å². The van der Waals surface area contributed by atoms with Gasteiger partial charge in [-0.25, -0.2) is 0 Å². The van der Waals surface area contributed by atoms with Crippen LogP contribution in [0.2, 0.25) is 0 Å².